The molecule has 0 saturated heterocycles. The predicted molar refractivity (Wildman–Crippen MR) is 79.7 cm³/mol. The highest BCUT2D eigenvalue weighted by Gasteiger charge is 2.15. The van der Waals surface area contributed by atoms with Crippen molar-refractivity contribution in [2.24, 2.45) is 0 Å². The number of benzene rings is 2. The van der Waals surface area contributed by atoms with Crippen LogP contribution in [0.25, 0.3) is 0 Å². The molecule has 0 aliphatic rings. The second-order valence-corrected chi connectivity index (χ2v) is 5.16. The van der Waals surface area contributed by atoms with Gasteiger partial charge in [-0.05, 0) is 42.5 Å². The third kappa shape index (κ3) is 4.20. The number of nitrogens with zero attached hydrogens (tertiary/aromatic N) is 1. The van der Waals surface area contributed by atoms with Crippen LogP contribution in [0.5, 0.6) is 11.5 Å². The first-order valence-electron chi connectivity index (χ1n) is 6.07. The predicted octanol–water partition coefficient (Wildman–Crippen LogP) is 3.16. The Bertz CT molecular complexity index is 773. The number of carboxylic acid groups (broad SMARTS) is 2. The Morgan fingerprint density at radius 3 is 2.22 bits per heavy atom. The third-order valence-corrected chi connectivity index (χ3v) is 3.32. The Labute approximate surface area is 133 Å². The zero-order valence-electron chi connectivity index (χ0n) is 11.3. The zero-order chi connectivity index (χ0) is 17.0. The highest BCUT2D eigenvalue weighted by Crippen LogP contribution is 2.29. The summed E-state index contributed by atoms with van der Waals surface area (Å²) >= 11 is 0.423. The van der Waals surface area contributed by atoms with Gasteiger partial charge in [0.1, 0.15) is 21.4 Å². The van der Waals surface area contributed by atoms with Gasteiger partial charge in [0.15, 0.2) is 0 Å². The first kappa shape index (κ1) is 16.3. The van der Waals surface area contributed by atoms with E-state index < -0.39 is 16.3 Å². The van der Waals surface area contributed by atoms with E-state index in [1.54, 1.807) is 0 Å². The Balaban J connectivity index is 2.30. The van der Waals surface area contributed by atoms with Crippen LogP contribution < -0.4 is 4.74 Å². The van der Waals surface area contributed by atoms with Crippen LogP contribution in [-0.4, -0.2) is 26.5 Å². The van der Waals surface area contributed by atoms with Gasteiger partial charge in [-0.25, -0.2) is 9.59 Å². The van der Waals surface area contributed by atoms with Crippen molar-refractivity contribution >= 4 is 23.9 Å². The fourth-order valence-electron chi connectivity index (χ4n) is 1.70. The maximum absolute atomic E-state index is 11.2. The summed E-state index contributed by atoms with van der Waals surface area (Å²) < 4.78 is 4.84. The quantitative estimate of drug-likeness (QED) is 0.468. The Morgan fingerprint density at radius 1 is 1.04 bits per heavy atom. The molecule has 0 aromatic heterocycles. The monoisotopic (exact) mass is 335 g/mol. The molecule has 118 valence electrons. The topological polar surface area (TPSA) is 127 Å². The number of hydrogen-bond donors (Lipinski definition) is 2. The van der Waals surface area contributed by atoms with E-state index in [1.165, 1.54) is 24.3 Å². The molecule has 0 heterocycles. The molecule has 2 aromatic carbocycles. The largest absolute Gasteiger partial charge is 0.478 e. The fraction of sp³-hybridized carbons (Fsp3) is 0. The van der Waals surface area contributed by atoms with Crippen molar-refractivity contribution in [1.82, 2.24) is 0 Å². The average Bonchev–Trinajstić information content (AvgIpc) is 2.48. The van der Waals surface area contributed by atoms with Crippen LogP contribution in [0.4, 0.5) is 0 Å². The van der Waals surface area contributed by atoms with E-state index in [-0.39, 0.29) is 22.6 Å². The number of carboxylic acids is 2. The van der Waals surface area contributed by atoms with E-state index in [1.807, 2.05) is 0 Å². The number of ether oxygens (including phenoxy) is 1. The molecule has 2 aromatic rings. The van der Waals surface area contributed by atoms with Crippen LogP contribution in [0.15, 0.2) is 47.4 Å². The second-order valence-electron chi connectivity index (χ2n) is 4.21. The van der Waals surface area contributed by atoms with Crippen LogP contribution in [0.3, 0.4) is 0 Å². The number of hydrogen-bond acceptors (Lipinski definition) is 6. The van der Waals surface area contributed by atoms with Gasteiger partial charge in [-0.3, -0.25) is 10.1 Å². The normalized spacial score (nSPS) is 10.1. The minimum Gasteiger partial charge on any atom is -0.478 e. The average molecular weight is 335 g/mol. The Kier molecular flexibility index (Phi) is 4.82. The van der Waals surface area contributed by atoms with Crippen LogP contribution >= 0.6 is 11.9 Å². The summed E-state index contributed by atoms with van der Waals surface area (Å²) in [5.41, 5.74) is -0.315. The molecular weight excluding hydrogens is 326 g/mol. The van der Waals surface area contributed by atoms with Crippen molar-refractivity contribution in [1.29, 1.82) is 0 Å². The molecule has 0 bridgehead atoms. The Morgan fingerprint density at radius 2 is 1.70 bits per heavy atom. The molecule has 0 saturated carbocycles. The maximum atomic E-state index is 11.2. The number of nitro groups is 1. The molecule has 0 unspecified atom stereocenters. The van der Waals surface area contributed by atoms with Crippen LogP contribution in [-0.2, 0) is 0 Å². The fourth-order valence-corrected chi connectivity index (χ4v) is 2.13. The van der Waals surface area contributed by atoms with Gasteiger partial charge in [0.05, 0.1) is 10.5 Å². The van der Waals surface area contributed by atoms with Crippen molar-refractivity contribution in [2.75, 3.05) is 0 Å². The molecule has 9 heteroatoms. The van der Waals surface area contributed by atoms with Crippen molar-refractivity contribution in [3.63, 3.8) is 0 Å². The first-order valence-corrected chi connectivity index (χ1v) is 6.85. The SMILES string of the molecule is O=C(O)c1ccc(C(=O)O)c(Oc2ccc(S[N+](=O)[O-])cc2)c1. The van der Waals surface area contributed by atoms with Crippen LogP contribution in [0.2, 0.25) is 0 Å². The minimum absolute atomic E-state index is 0.120. The maximum Gasteiger partial charge on any atom is 0.339 e. The number of carbonyl (C=O) groups is 2. The van der Waals surface area contributed by atoms with Gasteiger partial charge in [0.2, 0.25) is 0 Å². The number of aromatic carboxylic acids is 2. The van der Waals surface area contributed by atoms with Crippen LogP contribution in [0, 0.1) is 10.1 Å². The van der Waals surface area contributed by atoms with E-state index in [4.69, 9.17) is 14.9 Å². The van der Waals surface area contributed by atoms with E-state index in [9.17, 15) is 19.7 Å². The minimum atomic E-state index is -1.27. The standard InChI is InChI=1S/C14H9NO7S/c16-13(17)8-1-6-11(14(18)19)12(7-8)22-9-2-4-10(5-3-9)23-15(20)21/h1-7H,(H,16,17)(H,18,19). The number of rotatable bonds is 6. The van der Waals surface area contributed by atoms with E-state index in [2.05, 4.69) is 0 Å². The van der Waals surface area contributed by atoms with Gasteiger partial charge in [-0.2, -0.15) is 0 Å². The van der Waals surface area contributed by atoms with Gasteiger partial charge in [0.25, 0.3) is 11.9 Å². The lowest BCUT2D eigenvalue weighted by atomic mass is 10.1. The molecule has 0 spiro atoms. The van der Waals surface area contributed by atoms with E-state index in [0.717, 1.165) is 18.2 Å². The zero-order valence-corrected chi connectivity index (χ0v) is 12.1. The second kappa shape index (κ2) is 6.79. The molecule has 0 aliphatic carbocycles. The summed E-state index contributed by atoms with van der Waals surface area (Å²) in [6.07, 6.45) is 0. The molecule has 8 nitrogen and oxygen atoms in total. The molecule has 23 heavy (non-hydrogen) atoms. The lowest BCUT2D eigenvalue weighted by Gasteiger charge is -2.09. The lowest BCUT2D eigenvalue weighted by molar-refractivity contribution is -0.284. The van der Waals surface area contributed by atoms with Gasteiger partial charge in [-0.15, -0.1) is 0 Å². The summed E-state index contributed by atoms with van der Waals surface area (Å²) in [7, 11) is 0. The molecule has 2 N–H and O–H groups in total. The van der Waals surface area contributed by atoms with Gasteiger partial charge in [-0.1, -0.05) is 0 Å². The summed E-state index contributed by atoms with van der Waals surface area (Å²) in [6.45, 7) is 0. The van der Waals surface area contributed by atoms with Crippen molar-refractivity contribution in [2.45, 2.75) is 4.90 Å². The summed E-state index contributed by atoms with van der Waals surface area (Å²) in [4.78, 5) is 32.9. The lowest BCUT2D eigenvalue weighted by Crippen LogP contribution is -2.03. The molecule has 2 rings (SSSR count). The van der Waals surface area contributed by atoms with Crippen molar-refractivity contribution in [3.05, 3.63) is 63.7 Å². The molecule has 0 amide bonds. The molecule has 0 atom stereocenters. The van der Waals surface area contributed by atoms with Gasteiger partial charge >= 0.3 is 11.9 Å². The van der Waals surface area contributed by atoms with Crippen molar-refractivity contribution in [3.8, 4) is 11.5 Å². The first-order chi connectivity index (χ1) is 10.9. The Hall–Kier alpha value is -3.07. The molecule has 0 fully saturated rings. The third-order valence-electron chi connectivity index (χ3n) is 2.69. The van der Waals surface area contributed by atoms with E-state index >= 15 is 0 Å². The molecular formula is C14H9NO7S. The highest BCUT2D eigenvalue weighted by atomic mass is 32.2. The van der Waals surface area contributed by atoms with Gasteiger partial charge < -0.3 is 14.9 Å². The smallest absolute Gasteiger partial charge is 0.339 e. The summed E-state index contributed by atoms with van der Waals surface area (Å²) in [6, 6.07) is 9.11. The van der Waals surface area contributed by atoms with Crippen molar-refractivity contribution < 1.29 is 28.9 Å². The van der Waals surface area contributed by atoms with Crippen LogP contribution in [0.1, 0.15) is 20.7 Å². The van der Waals surface area contributed by atoms with Gasteiger partial charge in [0, 0.05) is 0 Å². The summed E-state index contributed by atoms with van der Waals surface area (Å²) in [5.74, 6) is -2.39. The van der Waals surface area contributed by atoms with E-state index in [0.29, 0.717) is 16.8 Å². The summed E-state index contributed by atoms with van der Waals surface area (Å²) in [5, 5.41) is 28.4. The molecule has 0 radical (unpaired) electrons. The highest BCUT2D eigenvalue weighted by molar-refractivity contribution is 7.93. The molecule has 0 aliphatic heterocycles.